The normalized spacial score (nSPS) is 14.5. The molecule has 1 amide bonds. The monoisotopic (exact) mass is 453 g/mol. The van der Waals surface area contributed by atoms with Crippen LogP contribution in [-0.2, 0) is 10.0 Å². The Labute approximate surface area is 187 Å². The molecule has 1 aliphatic heterocycles. The average molecular weight is 454 g/mol. The third kappa shape index (κ3) is 3.90. The topological polar surface area (TPSA) is 90.6 Å². The van der Waals surface area contributed by atoms with Crippen LogP contribution in [0.1, 0.15) is 40.7 Å². The highest BCUT2D eigenvalue weighted by Gasteiger charge is 2.25. The zero-order valence-corrected chi connectivity index (χ0v) is 19.3. The van der Waals surface area contributed by atoms with Gasteiger partial charge in [-0.25, -0.2) is 8.42 Å². The highest BCUT2D eigenvalue weighted by atomic mass is 32.2. The summed E-state index contributed by atoms with van der Waals surface area (Å²) in [4.78, 5) is 30.7. The number of benzene rings is 2. The van der Waals surface area contributed by atoms with Crippen molar-refractivity contribution >= 4 is 32.5 Å². The summed E-state index contributed by atoms with van der Waals surface area (Å²) in [5, 5.41) is 0.183. The molecule has 1 saturated heterocycles. The number of H-pyrrole nitrogens is 1. The van der Waals surface area contributed by atoms with E-state index in [1.54, 1.807) is 17.0 Å². The average Bonchev–Trinajstić information content (AvgIpc) is 2.80. The maximum absolute atomic E-state index is 13.3. The number of aromatic amines is 1. The second kappa shape index (κ2) is 8.43. The lowest BCUT2D eigenvalue weighted by molar-refractivity contribution is 0.0723. The summed E-state index contributed by atoms with van der Waals surface area (Å²) in [5.41, 5.74) is 2.66. The lowest BCUT2D eigenvalue weighted by Gasteiger charge is -2.26. The van der Waals surface area contributed by atoms with Gasteiger partial charge in [0.2, 0.25) is 5.43 Å². The number of aryl methyl sites for hydroxylation is 2. The van der Waals surface area contributed by atoms with Gasteiger partial charge in [-0.2, -0.15) is 0 Å². The molecule has 2 heterocycles. The van der Waals surface area contributed by atoms with Crippen LogP contribution < -0.4 is 9.73 Å². The van der Waals surface area contributed by atoms with Gasteiger partial charge in [0.25, 0.3) is 15.9 Å². The highest BCUT2D eigenvalue weighted by molar-refractivity contribution is 7.92. The molecule has 3 aromatic rings. The number of pyridine rings is 1. The molecule has 0 radical (unpaired) electrons. The van der Waals surface area contributed by atoms with E-state index in [4.69, 9.17) is 0 Å². The molecule has 32 heavy (non-hydrogen) atoms. The van der Waals surface area contributed by atoms with E-state index in [1.807, 2.05) is 26.0 Å². The van der Waals surface area contributed by atoms with E-state index in [9.17, 15) is 18.0 Å². The Hall–Kier alpha value is -3.13. The molecule has 0 saturated carbocycles. The number of rotatable bonds is 4. The van der Waals surface area contributed by atoms with Crippen LogP contribution in [0.15, 0.2) is 52.3 Å². The molecule has 0 aliphatic carbocycles. The van der Waals surface area contributed by atoms with Crippen LogP contribution in [0.3, 0.4) is 0 Å². The number of aromatic nitrogens is 1. The van der Waals surface area contributed by atoms with Gasteiger partial charge in [-0.1, -0.05) is 6.07 Å². The minimum absolute atomic E-state index is 0.00111. The number of carbonyl (C=O) groups is 1. The first-order valence-corrected chi connectivity index (χ1v) is 12.1. The van der Waals surface area contributed by atoms with Gasteiger partial charge in [0.15, 0.2) is 0 Å². The summed E-state index contributed by atoms with van der Waals surface area (Å²) in [5.74, 6) is -0.312. The van der Waals surface area contributed by atoms with E-state index in [2.05, 4.69) is 4.98 Å². The number of nitrogens with one attached hydrogen (secondary N) is 1. The SMILES string of the molecule is Cc1ccc(N(C)S(=O)(=O)c2ccc3[nH]cc(C(=O)N4CCCCC4)c(=O)c3c2)cc1C. The number of piperidine rings is 1. The van der Waals surface area contributed by atoms with Crippen LogP contribution in [-0.4, -0.2) is 44.3 Å². The maximum Gasteiger partial charge on any atom is 0.264 e. The number of likely N-dealkylation sites (tertiary alicyclic amines) is 1. The second-order valence-corrected chi connectivity index (χ2v) is 10.3. The van der Waals surface area contributed by atoms with Gasteiger partial charge in [-0.15, -0.1) is 0 Å². The first-order chi connectivity index (χ1) is 15.2. The molecule has 0 bridgehead atoms. The maximum atomic E-state index is 13.3. The fourth-order valence-corrected chi connectivity index (χ4v) is 5.22. The van der Waals surface area contributed by atoms with Gasteiger partial charge in [0.1, 0.15) is 5.56 Å². The number of anilines is 1. The summed E-state index contributed by atoms with van der Waals surface area (Å²) in [6.07, 6.45) is 4.35. The van der Waals surface area contributed by atoms with Gasteiger partial charge < -0.3 is 9.88 Å². The molecule has 4 rings (SSSR count). The molecule has 1 aromatic heterocycles. The van der Waals surface area contributed by atoms with E-state index >= 15 is 0 Å². The van der Waals surface area contributed by atoms with Crippen LogP contribution in [0.2, 0.25) is 0 Å². The first-order valence-electron chi connectivity index (χ1n) is 10.7. The number of carbonyl (C=O) groups excluding carboxylic acids is 1. The summed E-state index contributed by atoms with van der Waals surface area (Å²) < 4.78 is 27.8. The lowest BCUT2D eigenvalue weighted by atomic mass is 10.1. The Kier molecular flexibility index (Phi) is 5.81. The number of hydrogen-bond donors (Lipinski definition) is 1. The van der Waals surface area contributed by atoms with E-state index in [0.29, 0.717) is 24.3 Å². The predicted octanol–water partition coefficient (Wildman–Crippen LogP) is 3.60. The highest BCUT2D eigenvalue weighted by Crippen LogP contribution is 2.25. The van der Waals surface area contributed by atoms with E-state index in [0.717, 1.165) is 30.4 Å². The molecule has 7 nitrogen and oxygen atoms in total. The van der Waals surface area contributed by atoms with Gasteiger partial charge in [0.05, 0.1) is 10.6 Å². The molecule has 168 valence electrons. The molecule has 2 aromatic carbocycles. The van der Waals surface area contributed by atoms with E-state index < -0.39 is 15.5 Å². The standard InChI is InChI=1S/C24H27N3O4S/c1-16-7-8-18(13-17(16)2)26(3)32(30,31)19-9-10-22-20(14-19)23(28)21(15-25-22)24(29)27-11-5-4-6-12-27/h7-10,13-15H,4-6,11-12H2,1-3H3,(H,25,28). The van der Waals surface area contributed by atoms with Crippen molar-refractivity contribution in [3.05, 3.63) is 69.5 Å². The number of hydrogen-bond acceptors (Lipinski definition) is 4. The largest absolute Gasteiger partial charge is 0.360 e. The molecule has 0 atom stereocenters. The fourth-order valence-electron chi connectivity index (χ4n) is 4.00. The van der Waals surface area contributed by atoms with E-state index in [1.165, 1.54) is 29.7 Å². The van der Waals surface area contributed by atoms with Crippen LogP contribution in [0.25, 0.3) is 10.9 Å². The zero-order valence-electron chi connectivity index (χ0n) is 18.5. The molecule has 0 unspecified atom stereocenters. The minimum Gasteiger partial charge on any atom is -0.360 e. The van der Waals surface area contributed by atoms with Gasteiger partial charge in [0, 0.05) is 37.2 Å². The van der Waals surface area contributed by atoms with Crippen molar-refractivity contribution in [2.24, 2.45) is 0 Å². The summed E-state index contributed by atoms with van der Waals surface area (Å²) in [6, 6.07) is 9.83. The summed E-state index contributed by atoms with van der Waals surface area (Å²) >= 11 is 0. The summed E-state index contributed by atoms with van der Waals surface area (Å²) in [6.45, 7) is 5.15. The van der Waals surface area contributed by atoms with Crippen LogP contribution in [0, 0.1) is 13.8 Å². The van der Waals surface area contributed by atoms with Gasteiger partial charge in [-0.05, 0) is 74.6 Å². The van der Waals surface area contributed by atoms with Gasteiger partial charge >= 0.3 is 0 Å². The van der Waals surface area contributed by atoms with Crippen LogP contribution >= 0.6 is 0 Å². The first kappa shape index (κ1) is 22.1. The Morgan fingerprint density at radius 2 is 1.72 bits per heavy atom. The number of amides is 1. The molecule has 1 aliphatic rings. The molecule has 0 spiro atoms. The Morgan fingerprint density at radius 1 is 1.00 bits per heavy atom. The molecular formula is C24H27N3O4S. The Balaban J connectivity index is 1.74. The van der Waals surface area contributed by atoms with Crippen LogP contribution in [0.5, 0.6) is 0 Å². The quantitative estimate of drug-likeness (QED) is 0.654. The smallest absolute Gasteiger partial charge is 0.264 e. The number of fused-ring (bicyclic) bond motifs is 1. The van der Waals surface area contributed by atoms with Crippen molar-refractivity contribution in [3.63, 3.8) is 0 Å². The zero-order chi connectivity index (χ0) is 23.0. The molecule has 1 N–H and O–H groups in total. The van der Waals surface area contributed by atoms with Crippen molar-refractivity contribution in [1.29, 1.82) is 0 Å². The van der Waals surface area contributed by atoms with Crippen molar-refractivity contribution in [2.75, 3.05) is 24.4 Å². The third-order valence-corrected chi connectivity index (χ3v) is 8.02. The van der Waals surface area contributed by atoms with Gasteiger partial charge in [-0.3, -0.25) is 13.9 Å². The number of sulfonamides is 1. The predicted molar refractivity (Wildman–Crippen MR) is 126 cm³/mol. The Bertz CT molecular complexity index is 1360. The van der Waals surface area contributed by atoms with Crippen molar-refractivity contribution in [2.45, 2.75) is 38.0 Å². The molecule has 8 heteroatoms. The fraction of sp³-hybridized carbons (Fsp3) is 0.333. The van der Waals surface area contributed by atoms with Crippen LogP contribution in [0.4, 0.5) is 5.69 Å². The van der Waals surface area contributed by atoms with Crippen molar-refractivity contribution < 1.29 is 13.2 Å². The second-order valence-electron chi connectivity index (χ2n) is 8.33. The molecule has 1 fully saturated rings. The van der Waals surface area contributed by atoms with E-state index in [-0.39, 0.29) is 21.8 Å². The summed E-state index contributed by atoms with van der Waals surface area (Å²) in [7, 11) is -2.41. The number of nitrogens with zero attached hydrogens (tertiary/aromatic N) is 2. The van der Waals surface area contributed by atoms with Crippen molar-refractivity contribution in [1.82, 2.24) is 9.88 Å². The third-order valence-electron chi connectivity index (χ3n) is 6.24. The minimum atomic E-state index is -3.90. The molecular weight excluding hydrogens is 426 g/mol. The lowest BCUT2D eigenvalue weighted by Crippen LogP contribution is -2.38. The Morgan fingerprint density at radius 3 is 2.41 bits per heavy atom. The van der Waals surface area contributed by atoms with Crippen molar-refractivity contribution in [3.8, 4) is 0 Å².